The second-order valence-electron chi connectivity index (χ2n) is 6.58. The lowest BCUT2D eigenvalue weighted by Gasteiger charge is -2.28. The maximum absolute atomic E-state index is 4.92. The van der Waals surface area contributed by atoms with Gasteiger partial charge in [0.25, 0.3) is 0 Å². The Balaban J connectivity index is 1.68. The number of hydrogen-bond donors (Lipinski definition) is 2. The highest BCUT2D eigenvalue weighted by molar-refractivity contribution is 5.71. The lowest BCUT2D eigenvalue weighted by atomic mass is 10.0. The molecule has 0 saturated carbocycles. The molecule has 1 unspecified atom stereocenters. The minimum absolute atomic E-state index is 0.541. The summed E-state index contributed by atoms with van der Waals surface area (Å²) in [6, 6.07) is 5.20. The molecule has 5 nitrogen and oxygen atoms in total. The fourth-order valence-electron chi connectivity index (χ4n) is 3.89. The van der Waals surface area contributed by atoms with Gasteiger partial charge in [0.1, 0.15) is 11.3 Å². The first-order chi connectivity index (χ1) is 10.9. The van der Waals surface area contributed by atoms with E-state index in [9.17, 15) is 0 Å². The van der Waals surface area contributed by atoms with Crippen molar-refractivity contribution in [2.75, 3.05) is 19.6 Å². The molecule has 2 aromatic rings. The summed E-state index contributed by atoms with van der Waals surface area (Å²) in [6.45, 7) is 3.34. The SMILES string of the molecule is c1cnc2c(c1)nc(CC1CCCCN1)n2C1CCNCC1. The zero-order valence-electron chi connectivity index (χ0n) is 13.1. The number of fused-ring (bicyclic) bond motifs is 1. The van der Waals surface area contributed by atoms with Crippen molar-refractivity contribution in [2.45, 2.75) is 50.6 Å². The molecule has 0 spiro atoms. The van der Waals surface area contributed by atoms with Gasteiger partial charge in [-0.3, -0.25) is 0 Å². The third kappa shape index (κ3) is 2.75. The molecule has 118 valence electrons. The fourth-order valence-corrected chi connectivity index (χ4v) is 3.89. The Morgan fingerprint density at radius 2 is 2.05 bits per heavy atom. The van der Waals surface area contributed by atoms with Gasteiger partial charge in [-0.25, -0.2) is 9.97 Å². The molecule has 22 heavy (non-hydrogen) atoms. The molecule has 2 fully saturated rings. The Bertz CT molecular complexity index is 623. The minimum Gasteiger partial charge on any atom is -0.317 e. The van der Waals surface area contributed by atoms with Crippen molar-refractivity contribution >= 4 is 11.2 Å². The Kier molecular flexibility index (Phi) is 4.08. The summed E-state index contributed by atoms with van der Waals surface area (Å²) in [4.78, 5) is 9.55. The third-order valence-electron chi connectivity index (χ3n) is 5.04. The van der Waals surface area contributed by atoms with Gasteiger partial charge >= 0.3 is 0 Å². The molecular weight excluding hydrogens is 274 g/mol. The van der Waals surface area contributed by atoms with Crippen molar-refractivity contribution in [1.29, 1.82) is 0 Å². The van der Waals surface area contributed by atoms with E-state index in [1.807, 2.05) is 12.3 Å². The molecule has 2 saturated heterocycles. The van der Waals surface area contributed by atoms with Crippen LogP contribution in [0.4, 0.5) is 0 Å². The van der Waals surface area contributed by atoms with E-state index in [2.05, 4.69) is 26.3 Å². The van der Waals surface area contributed by atoms with E-state index >= 15 is 0 Å². The zero-order chi connectivity index (χ0) is 14.8. The number of piperidine rings is 2. The number of pyridine rings is 1. The van der Waals surface area contributed by atoms with E-state index in [0.717, 1.165) is 37.2 Å². The molecular formula is C17H25N5. The van der Waals surface area contributed by atoms with Crippen molar-refractivity contribution in [3.8, 4) is 0 Å². The predicted molar refractivity (Wildman–Crippen MR) is 88.0 cm³/mol. The average Bonchev–Trinajstić information content (AvgIpc) is 2.94. The Morgan fingerprint density at radius 1 is 1.14 bits per heavy atom. The van der Waals surface area contributed by atoms with Crippen LogP contribution in [0.3, 0.4) is 0 Å². The van der Waals surface area contributed by atoms with Crippen LogP contribution in [0.2, 0.25) is 0 Å². The normalized spacial score (nSPS) is 23.9. The fraction of sp³-hybridized carbons (Fsp3) is 0.647. The van der Waals surface area contributed by atoms with Crippen molar-refractivity contribution in [2.24, 2.45) is 0 Å². The summed E-state index contributed by atoms with van der Waals surface area (Å²) < 4.78 is 2.44. The summed E-state index contributed by atoms with van der Waals surface area (Å²) in [7, 11) is 0. The third-order valence-corrected chi connectivity index (χ3v) is 5.04. The molecule has 5 heteroatoms. The van der Waals surface area contributed by atoms with Crippen molar-refractivity contribution in [1.82, 2.24) is 25.2 Å². The van der Waals surface area contributed by atoms with Crippen LogP contribution in [0.15, 0.2) is 18.3 Å². The lowest BCUT2D eigenvalue weighted by molar-refractivity contribution is 0.349. The molecule has 0 aromatic carbocycles. The maximum Gasteiger partial charge on any atom is 0.160 e. The quantitative estimate of drug-likeness (QED) is 0.911. The monoisotopic (exact) mass is 299 g/mol. The van der Waals surface area contributed by atoms with Gasteiger partial charge in [0.05, 0.1) is 0 Å². The van der Waals surface area contributed by atoms with Crippen molar-refractivity contribution < 1.29 is 0 Å². The van der Waals surface area contributed by atoms with Gasteiger partial charge < -0.3 is 15.2 Å². The first-order valence-corrected chi connectivity index (χ1v) is 8.68. The predicted octanol–water partition coefficient (Wildman–Crippen LogP) is 2.04. The van der Waals surface area contributed by atoms with Crippen LogP contribution in [0.1, 0.15) is 44.0 Å². The van der Waals surface area contributed by atoms with Gasteiger partial charge in [0.2, 0.25) is 0 Å². The van der Waals surface area contributed by atoms with Crippen LogP contribution in [0, 0.1) is 0 Å². The summed E-state index contributed by atoms with van der Waals surface area (Å²) in [5, 5.41) is 7.12. The molecule has 2 aliphatic heterocycles. The molecule has 1 atom stereocenters. The highest BCUT2D eigenvalue weighted by Crippen LogP contribution is 2.27. The van der Waals surface area contributed by atoms with Crippen LogP contribution in [-0.2, 0) is 6.42 Å². The van der Waals surface area contributed by atoms with E-state index < -0.39 is 0 Å². The number of hydrogen-bond acceptors (Lipinski definition) is 4. The summed E-state index contributed by atoms with van der Waals surface area (Å²) in [5.41, 5.74) is 2.12. The van der Waals surface area contributed by atoms with Crippen LogP contribution < -0.4 is 10.6 Å². The molecule has 2 aliphatic rings. The molecule has 4 heterocycles. The summed E-state index contributed by atoms with van der Waals surface area (Å²) >= 11 is 0. The number of nitrogens with one attached hydrogen (secondary N) is 2. The van der Waals surface area contributed by atoms with Gasteiger partial charge in [-0.1, -0.05) is 6.42 Å². The van der Waals surface area contributed by atoms with E-state index in [4.69, 9.17) is 4.98 Å². The first-order valence-electron chi connectivity index (χ1n) is 8.68. The molecule has 4 rings (SSSR count). The molecule has 0 bridgehead atoms. The van der Waals surface area contributed by atoms with Crippen LogP contribution in [-0.4, -0.2) is 40.2 Å². The van der Waals surface area contributed by atoms with Crippen LogP contribution >= 0.6 is 0 Å². The number of nitrogens with zero attached hydrogens (tertiary/aromatic N) is 3. The summed E-state index contributed by atoms with van der Waals surface area (Å²) in [5.74, 6) is 1.22. The number of imidazole rings is 1. The lowest BCUT2D eigenvalue weighted by Crippen LogP contribution is -2.37. The Hall–Kier alpha value is -1.46. The average molecular weight is 299 g/mol. The van der Waals surface area contributed by atoms with E-state index in [1.165, 1.54) is 37.9 Å². The minimum atomic E-state index is 0.541. The van der Waals surface area contributed by atoms with Gasteiger partial charge in [0.15, 0.2) is 5.65 Å². The van der Waals surface area contributed by atoms with Crippen molar-refractivity contribution in [3.05, 3.63) is 24.2 Å². The maximum atomic E-state index is 4.92. The second-order valence-corrected chi connectivity index (χ2v) is 6.58. The van der Waals surface area contributed by atoms with E-state index in [1.54, 1.807) is 0 Å². The molecule has 2 aromatic heterocycles. The second kappa shape index (κ2) is 6.34. The number of aromatic nitrogens is 3. The van der Waals surface area contributed by atoms with E-state index in [-0.39, 0.29) is 0 Å². The van der Waals surface area contributed by atoms with Gasteiger partial charge in [-0.2, -0.15) is 0 Å². The molecule has 0 radical (unpaired) electrons. The highest BCUT2D eigenvalue weighted by atomic mass is 15.2. The zero-order valence-corrected chi connectivity index (χ0v) is 13.1. The topological polar surface area (TPSA) is 54.8 Å². The van der Waals surface area contributed by atoms with Gasteiger partial charge in [-0.05, 0) is 57.5 Å². The van der Waals surface area contributed by atoms with Crippen molar-refractivity contribution in [3.63, 3.8) is 0 Å². The smallest absolute Gasteiger partial charge is 0.160 e. The Labute approximate surface area is 131 Å². The van der Waals surface area contributed by atoms with Crippen LogP contribution in [0.25, 0.3) is 11.2 Å². The standard InChI is InChI=1S/C17H25N5/c1-2-8-19-13(4-1)12-16-21-15-5-3-9-20-17(15)22(16)14-6-10-18-11-7-14/h3,5,9,13-14,18-19H,1-2,4,6-8,10-12H2. The van der Waals surface area contributed by atoms with Gasteiger partial charge in [0, 0.05) is 24.7 Å². The van der Waals surface area contributed by atoms with Crippen LogP contribution in [0.5, 0.6) is 0 Å². The highest BCUT2D eigenvalue weighted by Gasteiger charge is 2.24. The molecule has 0 amide bonds. The van der Waals surface area contributed by atoms with Gasteiger partial charge in [-0.15, -0.1) is 0 Å². The first kappa shape index (κ1) is 14.2. The summed E-state index contributed by atoms with van der Waals surface area (Å²) in [6.07, 6.45) is 9.18. The number of rotatable bonds is 3. The molecule has 2 N–H and O–H groups in total. The largest absolute Gasteiger partial charge is 0.317 e. The Morgan fingerprint density at radius 3 is 2.86 bits per heavy atom. The molecule has 0 aliphatic carbocycles. The van der Waals surface area contributed by atoms with E-state index in [0.29, 0.717) is 12.1 Å².